The number of aromatic amines is 1. The Kier molecular flexibility index (Phi) is 7.76. The number of hydrogen-bond acceptors (Lipinski definition) is 6. The fraction of sp³-hybridized carbons (Fsp3) is 0.304. The predicted molar refractivity (Wildman–Crippen MR) is 127 cm³/mol. The van der Waals surface area contributed by atoms with Gasteiger partial charge < -0.3 is 10.2 Å². The van der Waals surface area contributed by atoms with Crippen LogP contribution in [-0.2, 0) is 16.1 Å². The molecule has 0 spiro atoms. The largest absolute Gasteiger partial charge is 0.344 e. The van der Waals surface area contributed by atoms with Crippen molar-refractivity contribution in [3.05, 3.63) is 76.5 Å². The van der Waals surface area contributed by atoms with Gasteiger partial charge >= 0.3 is 5.69 Å². The minimum atomic E-state index is -0.408. The van der Waals surface area contributed by atoms with E-state index >= 15 is 0 Å². The minimum Gasteiger partial charge on any atom is -0.339 e. The van der Waals surface area contributed by atoms with Crippen LogP contribution >= 0.6 is 11.8 Å². The maximum Gasteiger partial charge on any atom is 0.344 e. The maximum absolute atomic E-state index is 13.3. The van der Waals surface area contributed by atoms with Crippen molar-refractivity contribution in [1.82, 2.24) is 24.6 Å². The Balaban J connectivity index is 1.23. The van der Waals surface area contributed by atoms with E-state index in [1.807, 2.05) is 35.2 Å². The first-order valence-electron chi connectivity index (χ1n) is 10.9. The Bertz CT molecular complexity index is 1190. The van der Waals surface area contributed by atoms with Crippen molar-refractivity contribution < 1.29 is 14.0 Å². The Morgan fingerprint density at radius 1 is 1.06 bits per heavy atom. The van der Waals surface area contributed by atoms with Gasteiger partial charge in [0.15, 0.2) is 5.16 Å². The summed E-state index contributed by atoms with van der Waals surface area (Å²) in [5.41, 5.74) is 1.07. The number of hydrogen-bond donors (Lipinski definition) is 2. The molecule has 0 bridgehead atoms. The fourth-order valence-corrected chi connectivity index (χ4v) is 4.51. The number of anilines is 1. The Morgan fingerprint density at radius 2 is 1.82 bits per heavy atom. The van der Waals surface area contributed by atoms with Crippen molar-refractivity contribution in [3.63, 3.8) is 0 Å². The minimum absolute atomic E-state index is 0.0458. The van der Waals surface area contributed by atoms with Gasteiger partial charge in [-0.2, -0.15) is 0 Å². The number of piperazine rings is 1. The third-order valence-electron chi connectivity index (χ3n) is 5.43. The number of amides is 2. The van der Waals surface area contributed by atoms with E-state index in [4.69, 9.17) is 0 Å². The molecule has 34 heavy (non-hydrogen) atoms. The zero-order valence-electron chi connectivity index (χ0n) is 18.4. The molecule has 0 unspecified atom stereocenters. The summed E-state index contributed by atoms with van der Waals surface area (Å²) in [5, 5.41) is 9.66. The molecule has 3 aromatic rings. The number of halogens is 1. The van der Waals surface area contributed by atoms with Gasteiger partial charge in [0.05, 0.1) is 18.8 Å². The summed E-state index contributed by atoms with van der Waals surface area (Å²) in [6.45, 7) is 2.69. The van der Waals surface area contributed by atoms with Crippen molar-refractivity contribution in [2.45, 2.75) is 11.7 Å². The molecule has 4 rings (SSSR count). The third-order valence-corrected chi connectivity index (χ3v) is 6.39. The molecular weight excluding hydrogens is 459 g/mol. The summed E-state index contributed by atoms with van der Waals surface area (Å²) in [6, 6.07) is 15.3. The highest BCUT2D eigenvalue weighted by Gasteiger charge is 2.23. The van der Waals surface area contributed by atoms with Crippen LogP contribution in [0.3, 0.4) is 0 Å². The van der Waals surface area contributed by atoms with E-state index < -0.39 is 5.82 Å². The lowest BCUT2D eigenvalue weighted by molar-refractivity contribution is -0.130. The molecule has 1 aromatic heterocycles. The van der Waals surface area contributed by atoms with Crippen molar-refractivity contribution in [2.75, 3.05) is 43.8 Å². The number of thioether (sulfide) groups is 1. The highest BCUT2D eigenvalue weighted by atomic mass is 32.2. The van der Waals surface area contributed by atoms with Gasteiger partial charge in [0.2, 0.25) is 11.8 Å². The lowest BCUT2D eigenvalue weighted by atomic mass is 10.2. The van der Waals surface area contributed by atoms with Crippen LogP contribution in [-0.4, -0.2) is 74.9 Å². The highest BCUT2D eigenvalue weighted by molar-refractivity contribution is 7.99. The van der Waals surface area contributed by atoms with Gasteiger partial charge in [-0.1, -0.05) is 48.2 Å². The van der Waals surface area contributed by atoms with Crippen LogP contribution < -0.4 is 11.0 Å². The Hall–Kier alpha value is -3.44. The topological polar surface area (TPSA) is 103 Å². The van der Waals surface area contributed by atoms with E-state index in [2.05, 4.69) is 15.5 Å². The number of aromatic nitrogens is 3. The quantitative estimate of drug-likeness (QED) is 0.471. The first kappa shape index (κ1) is 23.7. The van der Waals surface area contributed by atoms with Crippen LogP contribution in [0, 0.1) is 5.82 Å². The average Bonchev–Trinajstić information content (AvgIpc) is 3.17. The van der Waals surface area contributed by atoms with Gasteiger partial charge in [-0.15, -0.1) is 5.10 Å². The SMILES string of the molecule is O=C(CN1CCN(C(=O)CSc2n[nH]c(=O)n2Cc2ccccc2)CC1)Nc1cccc(F)c1. The number of carbonyl (C=O) groups is 2. The zero-order valence-corrected chi connectivity index (χ0v) is 19.3. The lowest BCUT2D eigenvalue weighted by Crippen LogP contribution is -2.50. The van der Waals surface area contributed by atoms with Gasteiger partial charge in [0, 0.05) is 31.9 Å². The van der Waals surface area contributed by atoms with E-state index in [1.165, 1.54) is 34.5 Å². The lowest BCUT2D eigenvalue weighted by Gasteiger charge is -2.34. The van der Waals surface area contributed by atoms with Crippen molar-refractivity contribution in [2.24, 2.45) is 0 Å². The molecule has 1 aliphatic heterocycles. The third kappa shape index (κ3) is 6.33. The average molecular weight is 485 g/mol. The predicted octanol–water partition coefficient (Wildman–Crippen LogP) is 1.63. The summed E-state index contributed by atoms with van der Waals surface area (Å²) in [6.07, 6.45) is 0. The van der Waals surface area contributed by atoms with Crippen LogP contribution in [0.25, 0.3) is 0 Å². The van der Waals surface area contributed by atoms with Gasteiger partial charge in [-0.3, -0.25) is 19.1 Å². The van der Waals surface area contributed by atoms with Crippen LogP contribution in [0.1, 0.15) is 5.56 Å². The Morgan fingerprint density at radius 3 is 2.56 bits per heavy atom. The number of rotatable bonds is 8. The molecule has 0 aliphatic carbocycles. The van der Waals surface area contributed by atoms with Crippen LogP contribution in [0.15, 0.2) is 64.5 Å². The molecule has 11 heteroatoms. The van der Waals surface area contributed by atoms with Crippen LogP contribution in [0.2, 0.25) is 0 Å². The molecular formula is C23H25FN6O3S. The molecule has 1 fully saturated rings. The summed E-state index contributed by atoms with van der Waals surface area (Å²) < 4.78 is 14.8. The smallest absolute Gasteiger partial charge is 0.339 e. The number of carbonyl (C=O) groups excluding carboxylic acids is 2. The van der Waals surface area contributed by atoms with E-state index in [9.17, 15) is 18.8 Å². The number of benzene rings is 2. The fourth-order valence-electron chi connectivity index (χ4n) is 3.66. The molecule has 0 radical (unpaired) electrons. The van der Waals surface area contributed by atoms with Gasteiger partial charge in [-0.25, -0.2) is 14.3 Å². The summed E-state index contributed by atoms with van der Waals surface area (Å²) in [5.74, 6) is -0.514. The molecule has 9 nitrogen and oxygen atoms in total. The second-order valence-electron chi connectivity index (χ2n) is 7.89. The summed E-state index contributed by atoms with van der Waals surface area (Å²) >= 11 is 1.22. The van der Waals surface area contributed by atoms with E-state index in [-0.39, 0.29) is 29.8 Å². The maximum atomic E-state index is 13.3. The van der Waals surface area contributed by atoms with E-state index in [0.29, 0.717) is 43.6 Å². The molecule has 2 heterocycles. The molecule has 0 saturated carbocycles. The number of nitrogens with one attached hydrogen (secondary N) is 2. The van der Waals surface area contributed by atoms with Gasteiger partial charge in [-0.05, 0) is 23.8 Å². The van der Waals surface area contributed by atoms with E-state index in [0.717, 1.165) is 5.56 Å². The molecule has 2 N–H and O–H groups in total. The summed E-state index contributed by atoms with van der Waals surface area (Å²) in [7, 11) is 0. The zero-order chi connectivity index (χ0) is 23.9. The first-order valence-corrected chi connectivity index (χ1v) is 11.8. The van der Waals surface area contributed by atoms with Crippen molar-refractivity contribution in [3.8, 4) is 0 Å². The molecule has 1 aliphatic rings. The molecule has 178 valence electrons. The van der Waals surface area contributed by atoms with E-state index in [1.54, 1.807) is 11.0 Å². The number of H-pyrrole nitrogens is 1. The van der Waals surface area contributed by atoms with Crippen molar-refractivity contribution >= 4 is 29.3 Å². The van der Waals surface area contributed by atoms with Gasteiger partial charge in [0.1, 0.15) is 5.82 Å². The molecule has 2 amide bonds. The second kappa shape index (κ2) is 11.1. The molecule has 1 saturated heterocycles. The first-order chi connectivity index (χ1) is 16.5. The van der Waals surface area contributed by atoms with Crippen LogP contribution in [0.4, 0.5) is 10.1 Å². The Labute approximate surface area is 199 Å². The molecule has 2 aromatic carbocycles. The summed E-state index contributed by atoms with van der Waals surface area (Å²) in [4.78, 5) is 40.8. The second-order valence-corrected chi connectivity index (χ2v) is 8.83. The number of nitrogens with zero attached hydrogens (tertiary/aromatic N) is 4. The monoisotopic (exact) mass is 484 g/mol. The standard InChI is InChI=1S/C23H25FN6O3S/c24-18-7-4-8-19(13-18)25-20(31)15-28-9-11-29(12-10-28)21(32)16-34-23-27-26-22(33)30(23)14-17-5-2-1-3-6-17/h1-8,13H,9-12,14-16H2,(H,25,31)(H,26,33). The van der Waals surface area contributed by atoms with Gasteiger partial charge in [0.25, 0.3) is 0 Å². The normalized spacial score (nSPS) is 14.2. The van der Waals surface area contributed by atoms with Crippen LogP contribution in [0.5, 0.6) is 0 Å². The van der Waals surface area contributed by atoms with Crippen molar-refractivity contribution in [1.29, 1.82) is 0 Å². The molecule has 0 atom stereocenters. The highest BCUT2D eigenvalue weighted by Crippen LogP contribution is 2.16.